The maximum absolute atomic E-state index is 13.5. The lowest BCUT2D eigenvalue weighted by atomic mass is 10.1. The lowest BCUT2D eigenvalue weighted by Crippen LogP contribution is -2.14. The summed E-state index contributed by atoms with van der Waals surface area (Å²) < 4.78 is 94.1. The van der Waals surface area contributed by atoms with Gasteiger partial charge in [0.2, 0.25) is 5.76 Å². The number of carbonyl (C=O) groups is 1. The van der Waals surface area contributed by atoms with Crippen LogP contribution in [0.25, 0.3) is 11.3 Å². The van der Waals surface area contributed by atoms with E-state index in [0.29, 0.717) is 16.2 Å². The number of esters is 1. The molecular weight excluding hydrogens is 498 g/mol. The molecule has 0 unspecified atom stereocenters. The van der Waals surface area contributed by atoms with Crippen molar-refractivity contribution in [3.8, 4) is 17.1 Å². The van der Waals surface area contributed by atoms with Gasteiger partial charge in [0.25, 0.3) is 0 Å². The molecule has 0 aliphatic carbocycles. The largest absolute Gasteiger partial charge is 0.482 e. The quantitative estimate of drug-likeness (QED) is 0.175. The summed E-state index contributed by atoms with van der Waals surface area (Å²) in [6, 6.07) is 9.83. The van der Waals surface area contributed by atoms with Gasteiger partial charge in [-0.2, -0.15) is 26.3 Å². The molecule has 0 saturated carbocycles. The molecule has 0 fully saturated rings. The second-order valence-corrected chi connectivity index (χ2v) is 8.40. The van der Waals surface area contributed by atoms with E-state index >= 15 is 0 Å². The molecule has 0 amide bonds. The van der Waals surface area contributed by atoms with Crippen molar-refractivity contribution >= 4 is 17.7 Å². The summed E-state index contributed by atoms with van der Waals surface area (Å²) in [5, 5.41) is 0. The molecule has 1 heterocycles. The number of hydrogen-bond acceptors (Lipinski definition) is 5. The molecule has 0 aliphatic rings. The lowest BCUT2D eigenvalue weighted by Gasteiger charge is -2.10. The Morgan fingerprint density at radius 2 is 1.66 bits per heavy atom. The number of aryl methyl sites for hydroxylation is 1. The van der Waals surface area contributed by atoms with E-state index in [2.05, 4.69) is 0 Å². The Labute approximate surface area is 201 Å². The fourth-order valence-electron chi connectivity index (χ4n) is 3.12. The predicted molar refractivity (Wildman–Crippen MR) is 117 cm³/mol. The zero-order valence-electron chi connectivity index (χ0n) is 18.5. The number of rotatable bonds is 8. The third-order valence-corrected chi connectivity index (χ3v) is 5.80. The third-order valence-electron chi connectivity index (χ3n) is 4.75. The van der Waals surface area contributed by atoms with E-state index in [1.807, 2.05) is 0 Å². The Balaban J connectivity index is 1.76. The fraction of sp³-hybridized carbons (Fsp3) is 0.292. The summed E-state index contributed by atoms with van der Waals surface area (Å²) in [5.41, 5.74) is -0.283. The molecule has 0 N–H and O–H groups in total. The van der Waals surface area contributed by atoms with Crippen LogP contribution in [0.15, 0.2) is 57.8 Å². The highest BCUT2D eigenvalue weighted by Crippen LogP contribution is 2.40. The Kier molecular flexibility index (Phi) is 8.09. The van der Waals surface area contributed by atoms with Gasteiger partial charge >= 0.3 is 18.3 Å². The number of ether oxygens (including phenoxy) is 2. The van der Waals surface area contributed by atoms with Crippen LogP contribution in [0.4, 0.5) is 26.3 Å². The summed E-state index contributed by atoms with van der Waals surface area (Å²) >= 11 is 1.12. The molecule has 0 aliphatic heterocycles. The Bertz CT molecular complexity index is 1170. The molecule has 0 radical (unpaired) electrons. The van der Waals surface area contributed by atoms with Crippen LogP contribution in [0.5, 0.6) is 5.75 Å². The number of halogens is 6. The average Bonchev–Trinajstić information content (AvgIpc) is 3.22. The molecule has 1 aromatic heterocycles. The second kappa shape index (κ2) is 10.7. The predicted octanol–water partition coefficient (Wildman–Crippen LogP) is 7.53. The first kappa shape index (κ1) is 26.5. The van der Waals surface area contributed by atoms with E-state index in [0.717, 1.165) is 36.0 Å². The third kappa shape index (κ3) is 6.97. The minimum Gasteiger partial charge on any atom is -0.482 e. The van der Waals surface area contributed by atoms with E-state index in [1.165, 1.54) is 6.07 Å². The van der Waals surface area contributed by atoms with Crippen LogP contribution in [0, 0.1) is 6.92 Å². The summed E-state index contributed by atoms with van der Waals surface area (Å²) in [7, 11) is 0. The van der Waals surface area contributed by atoms with Gasteiger partial charge in [0.05, 0.1) is 12.2 Å². The van der Waals surface area contributed by atoms with Crippen LogP contribution < -0.4 is 4.74 Å². The number of hydrogen-bond donors (Lipinski definition) is 0. The number of thioether (sulfide) groups is 1. The smallest absolute Gasteiger partial charge is 0.449 e. The molecule has 3 rings (SSSR count). The van der Waals surface area contributed by atoms with Crippen molar-refractivity contribution < 1.29 is 45.0 Å². The minimum absolute atomic E-state index is 0.0958. The zero-order valence-corrected chi connectivity index (χ0v) is 19.4. The van der Waals surface area contributed by atoms with Gasteiger partial charge < -0.3 is 13.9 Å². The van der Waals surface area contributed by atoms with Gasteiger partial charge in [-0.15, -0.1) is 11.8 Å². The van der Waals surface area contributed by atoms with Crippen LogP contribution in [-0.2, 0) is 27.6 Å². The van der Waals surface area contributed by atoms with Crippen molar-refractivity contribution in [1.29, 1.82) is 0 Å². The SMILES string of the molecule is CCOC(=O)COc1ccc(SCc2cc(-c3ccc(C(F)(F)F)cc3)oc2C(F)(F)F)cc1C. The second-order valence-electron chi connectivity index (χ2n) is 7.35. The summed E-state index contributed by atoms with van der Waals surface area (Å²) in [5.74, 6) is -1.56. The highest BCUT2D eigenvalue weighted by atomic mass is 32.2. The first-order valence-corrected chi connectivity index (χ1v) is 11.3. The highest BCUT2D eigenvalue weighted by Gasteiger charge is 2.38. The van der Waals surface area contributed by atoms with Gasteiger partial charge in [-0.3, -0.25) is 0 Å². The van der Waals surface area contributed by atoms with E-state index in [1.54, 1.807) is 32.0 Å². The first-order chi connectivity index (χ1) is 16.4. The van der Waals surface area contributed by atoms with Crippen molar-refractivity contribution in [3.05, 3.63) is 71.0 Å². The van der Waals surface area contributed by atoms with Gasteiger partial charge in [0, 0.05) is 21.8 Å². The molecule has 0 saturated heterocycles. The first-order valence-electron chi connectivity index (χ1n) is 10.3. The van der Waals surface area contributed by atoms with Crippen molar-refractivity contribution in [1.82, 2.24) is 0 Å². The molecule has 3 aromatic rings. The summed E-state index contributed by atoms with van der Waals surface area (Å²) in [6.07, 6.45) is -9.33. The summed E-state index contributed by atoms with van der Waals surface area (Å²) in [6.45, 7) is 3.36. The standard InChI is InChI=1S/C24H20F6O4S/c1-3-32-21(31)12-33-19-9-8-18(10-14(19)2)35-13-16-11-20(34-22(16)24(28,29)30)15-4-6-17(7-5-15)23(25,26)27/h4-11H,3,12-13H2,1-2H3. The average molecular weight is 518 g/mol. The number of alkyl halides is 6. The van der Waals surface area contributed by atoms with E-state index in [-0.39, 0.29) is 35.9 Å². The van der Waals surface area contributed by atoms with Gasteiger partial charge in [-0.1, -0.05) is 12.1 Å². The Morgan fingerprint density at radius 1 is 0.971 bits per heavy atom. The number of carbonyl (C=O) groups excluding carboxylic acids is 1. The molecule has 0 bridgehead atoms. The lowest BCUT2D eigenvalue weighted by molar-refractivity contribution is -0.153. The zero-order chi connectivity index (χ0) is 25.8. The van der Waals surface area contributed by atoms with E-state index in [4.69, 9.17) is 13.9 Å². The molecular formula is C24H20F6O4S. The molecule has 11 heteroatoms. The molecule has 2 aromatic carbocycles. The van der Waals surface area contributed by atoms with Crippen molar-refractivity contribution in [2.24, 2.45) is 0 Å². The highest BCUT2D eigenvalue weighted by molar-refractivity contribution is 7.98. The van der Waals surface area contributed by atoms with Gasteiger partial charge in [-0.25, -0.2) is 4.79 Å². The molecule has 0 atom stereocenters. The monoisotopic (exact) mass is 518 g/mol. The van der Waals surface area contributed by atoms with Crippen LogP contribution >= 0.6 is 11.8 Å². The van der Waals surface area contributed by atoms with Crippen LogP contribution in [0.2, 0.25) is 0 Å². The molecule has 0 spiro atoms. The molecule has 35 heavy (non-hydrogen) atoms. The maximum Gasteiger partial charge on any atom is 0.449 e. The van der Waals surface area contributed by atoms with Crippen LogP contribution in [0.3, 0.4) is 0 Å². The molecule has 188 valence electrons. The Hall–Kier alpha value is -3.08. The van der Waals surface area contributed by atoms with Gasteiger partial charge in [0.15, 0.2) is 6.61 Å². The molecule has 4 nitrogen and oxygen atoms in total. The van der Waals surface area contributed by atoms with Gasteiger partial charge in [0.1, 0.15) is 11.5 Å². The van der Waals surface area contributed by atoms with Gasteiger partial charge in [-0.05, 0) is 55.8 Å². The number of furan rings is 1. The topological polar surface area (TPSA) is 48.7 Å². The van der Waals surface area contributed by atoms with Crippen molar-refractivity contribution in [2.45, 2.75) is 36.8 Å². The normalized spacial score (nSPS) is 12.0. The van der Waals surface area contributed by atoms with Crippen LogP contribution in [0.1, 0.15) is 29.4 Å². The Morgan fingerprint density at radius 3 is 2.23 bits per heavy atom. The maximum atomic E-state index is 13.5. The van der Waals surface area contributed by atoms with E-state index < -0.39 is 29.6 Å². The fourth-order valence-corrected chi connectivity index (χ4v) is 4.08. The van der Waals surface area contributed by atoms with Crippen LogP contribution in [-0.4, -0.2) is 19.2 Å². The minimum atomic E-state index is -4.78. The summed E-state index contributed by atoms with van der Waals surface area (Å²) in [4.78, 5) is 12.1. The number of benzene rings is 2. The van der Waals surface area contributed by atoms with Crippen molar-refractivity contribution in [2.75, 3.05) is 13.2 Å². The van der Waals surface area contributed by atoms with Crippen molar-refractivity contribution in [3.63, 3.8) is 0 Å². The van der Waals surface area contributed by atoms with E-state index in [9.17, 15) is 31.1 Å².